The Morgan fingerprint density at radius 1 is 1.00 bits per heavy atom. The first kappa shape index (κ1) is 15.7. The number of hydrogen-bond donors (Lipinski definition) is 2. The standard InChI is InChI=1S/C17H19N3O2/c1-11-6-4-7-12(2)16(11)20-15(21)10-18-17(22)14-9-5-8-13(3)19-14/h4-9H,10H2,1-3H3,(H,18,22)(H,20,21). The third-order valence-electron chi connectivity index (χ3n) is 3.28. The normalized spacial score (nSPS) is 10.1. The summed E-state index contributed by atoms with van der Waals surface area (Å²) in [6, 6.07) is 11.0. The fourth-order valence-corrected chi connectivity index (χ4v) is 2.12. The number of rotatable bonds is 4. The van der Waals surface area contributed by atoms with Crippen LogP contribution in [0.3, 0.4) is 0 Å². The van der Waals surface area contributed by atoms with Crippen molar-refractivity contribution in [3.63, 3.8) is 0 Å². The molecule has 0 fully saturated rings. The van der Waals surface area contributed by atoms with Crippen LogP contribution in [0.15, 0.2) is 36.4 Å². The van der Waals surface area contributed by atoms with E-state index in [2.05, 4.69) is 15.6 Å². The van der Waals surface area contributed by atoms with Crippen molar-refractivity contribution in [3.8, 4) is 0 Å². The molecular formula is C17H19N3O2. The second-order valence-electron chi connectivity index (χ2n) is 5.16. The molecule has 0 aliphatic carbocycles. The minimum absolute atomic E-state index is 0.0950. The van der Waals surface area contributed by atoms with Crippen LogP contribution in [0.5, 0.6) is 0 Å². The first-order valence-electron chi connectivity index (χ1n) is 7.05. The molecular weight excluding hydrogens is 278 g/mol. The van der Waals surface area contributed by atoms with Gasteiger partial charge in [-0.25, -0.2) is 4.98 Å². The van der Waals surface area contributed by atoms with Gasteiger partial charge < -0.3 is 10.6 Å². The highest BCUT2D eigenvalue weighted by atomic mass is 16.2. The van der Waals surface area contributed by atoms with E-state index in [1.165, 1.54) is 0 Å². The molecule has 0 aliphatic rings. The Bertz CT molecular complexity index is 691. The molecule has 1 aromatic heterocycles. The fraction of sp³-hybridized carbons (Fsp3) is 0.235. The minimum Gasteiger partial charge on any atom is -0.342 e. The number of hydrogen-bond acceptors (Lipinski definition) is 3. The number of aromatic nitrogens is 1. The second-order valence-corrected chi connectivity index (χ2v) is 5.16. The number of carbonyl (C=O) groups excluding carboxylic acids is 2. The molecule has 114 valence electrons. The monoisotopic (exact) mass is 297 g/mol. The zero-order valence-corrected chi connectivity index (χ0v) is 12.9. The maximum absolute atomic E-state index is 12.0. The summed E-state index contributed by atoms with van der Waals surface area (Å²) < 4.78 is 0. The first-order chi connectivity index (χ1) is 10.5. The van der Waals surface area contributed by atoms with Crippen LogP contribution in [-0.4, -0.2) is 23.3 Å². The number of amides is 2. The summed E-state index contributed by atoms with van der Waals surface area (Å²) in [6.07, 6.45) is 0. The Balaban J connectivity index is 1.94. The lowest BCUT2D eigenvalue weighted by Crippen LogP contribution is -2.33. The molecule has 1 heterocycles. The number of nitrogens with zero attached hydrogens (tertiary/aromatic N) is 1. The smallest absolute Gasteiger partial charge is 0.270 e. The number of carbonyl (C=O) groups is 2. The molecule has 0 saturated carbocycles. The lowest BCUT2D eigenvalue weighted by Gasteiger charge is -2.11. The van der Waals surface area contributed by atoms with Gasteiger partial charge in [0.2, 0.25) is 5.91 Å². The molecule has 0 spiro atoms. The molecule has 2 rings (SSSR count). The Morgan fingerprint density at radius 2 is 1.64 bits per heavy atom. The summed E-state index contributed by atoms with van der Waals surface area (Å²) >= 11 is 0. The van der Waals surface area contributed by atoms with Gasteiger partial charge in [0, 0.05) is 11.4 Å². The topological polar surface area (TPSA) is 71.1 Å². The quantitative estimate of drug-likeness (QED) is 0.910. The van der Waals surface area contributed by atoms with Crippen molar-refractivity contribution in [2.24, 2.45) is 0 Å². The Hall–Kier alpha value is -2.69. The van der Waals surface area contributed by atoms with Crippen molar-refractivity contribution in [1.29, 1.82) is 0 Å². The first-order valence-corrected chi connectivity index (χ1v) is 7.05. The average molecular weight is 297 g/mol. The van der Waals surface area contributed by atoms with Crippen LogP contribution in [0, 0.1) is 20.8 Å². The lowest BCUT2D eigenvalue weighted by atomic mass is 10.1. The van der Waals surface area contributed by atoms with Crippen molar-refractivity contribution in [2.75, 3.05) is 11.9 Å². The molecule has 5 nitrogen and oxygen atoms in total. The van der Waals surface area contributed by atoms with E-state index in [1.54, 1.807) is 12.1 Å². The van der Waals surface area contributed by atoms with Crippen LogP contribution in [0.25, 0.3) is 0 Å². The minimum atomic E-state index is -0.361. The van der Waals surface area contributed by atoms with E-state index in [0.29, 0.717) is 5.69 Å². The lowest BCUT2D eigenvalue weighted by molar-refractivity contribution is -0.115. The van der Waals surface area contributed by atoms with Crippen molar-refractivity contribution >= 4 is 17.5 Å². The molecule has 1 aromatic carbocycles. The summed E-state index contributed by atoms with van der Waals surface area (Å²) in [5, 5.41) is 5.39. The third-order valence-corrected chi connectivity index (χ3v) is 3.28. The number of nitrogens with one attached hydrogen (secondary N) is 2. The SMILES string of the molecule is Cc1cccc(C(=O)NCC(=O)Nc2c(C)cccc2C)n1. The van der Waals surface area contributed by atoms with E-state index in [9.17, 15) is 9.59 Å². The van der Waals surface area contributed by atoms with E-state index < -0.39 is 0 Å². The molecule has 2 aromatic rings. The van der Waals surface area contributed by atoms with Gasteiger partial charge in [-0.2, -0.15) is 0 Å². The second kappa shape index (κ2) is 6.85. The molecule has 22 heavy (non-hydrogen) atoms. The molecule has 5 heteroatoms. The average Bonchev–Trinajstić information content (AvgIpc) is 2.48. The highest BCUT2D eigenvalue weighted by Crippen LogP contribution is 2.18. The summed E-state index contributed by atoms with van der Waals surface area (Å²) in [7, 11) is 0. The van der Waals surface area contributed by atoms with Crippen LogP contribution < -0.4 is 10.6 Å². The molecule has 2 N–H and O–H groups in total. The van der Waals surface area contributed by atoms with E-state index in [0.717, 1.165) is 22.5 Å². The number of para-hydroxylation sites is 1. The van der Waals surface area contributed by atoms with Crippen LogP contribution in [0.2, 0.25) is 0 Å². The largest absolute Gasteiger partial charge is 0.342 e. The van der Waals surface area contributed by atoms with Crippen LogP contribution in [-0.2, 0) is 4.79 Å². The van der Waals surface area contributed by atoms with E-state index in [4.69, 9.17) is 0 Å². The Labute approximate surface area is 129 Å². The molecule has 0 atom stereocenters. The van der Waals surface area contributed by atoms with Crippen molar-refractivity contribution < 1.29 is 9.59 Å². The van der Waals surface area contributed by atoms with E-state index >= 15 is 0 Å². The van der Waals surface area contributed by atoms with Gasteiger partial charge in [0.05, 0.1) is 6.54 Å². The third kappa shape index (κ3) is 3.91. The number of pyridine rings is 1. The predicted octanol–water partition coefficient (Wildman–Crippen LogP) is 2.38. The van der Waals surface area contributed by atoms with Crippen molar-refractivity contribution in [1.82, 2.24) is 10.3 Å². The van der Waals surface area contributed by atoms with Crippen LogP contribution >= 0.6 is 0 Å². The van der Waals surface area contributed by atoms with Crippen LogP contribution in [0.4, 0.5) is 5.69 Å². The maximum Gasteiger partial charge on any atom is 0.270 e. The molecule has 2 amide bonds. The van der Waals surface area contributed by atoms with Gasteiger partial charge in [0.15, 0.2) is 0 Å². The summed E-state index contributed by atoms with van der Waals surface area (Å²) in [5.74, 6) is -0.626. The summed E-state index contributed by atoms with van der Waals surface area (Å²) in [5.41, 5.74) is 3.82. The van der Waals surface area contributed by atoms with Gasteiger partial charge >= 0.3 is 0 Å². The van der Waals surface area contributed by atoms with Gasteiger partial charge in [0.1, 0.15) is 5.69 Å². The molecule has 0 radical (unpaired) electrons. The molecule has 0 saturated heterocycles. The van der Waals surface area contributed by atoms with Crippen molar-refractivity contribution in [3.05, 3.63) is 58.9 Å². The number of aryl methyl sites for hydroxylation is 3. The van der Waals surface area contributed by atoms with E-state index in [-0.39, 0.29) is 18.4 Å². The highest BCUT2D eigenvalue weighted by Gasteiger charge is 2.11. The zero-order chi connectivity index (χ0) is 16.1. The summed E-state index contributed by atoms with van der Waals surface area (Å²) in [4.78, 5) is 28.0. The van der Waals surface area contributed by atoms with Gasteiger partial charge in [-0.3, -0.25) is 9.59 Å². The van der Waals surface area contributed by atoms with Crippen molar-refractivity contribution in [2.45, 2.75) is 20.8 Å². The van der Waals surface area contributed by atoms with E-state index in [1.807, 2.05) is 45.0 Å². The van der Waals surface area contributed by atoms with Gasteiger partial charge in [-0.05, 0) is 44.0 Å². The fourth-order valence-electron chi connectivity index (χ4n) is 2.12. The number of benzene rings is 1. The maximum atomic E-state index is 12.0. The molecule has 0 aliphatic heterocycles. The van der Waals surface area contributed by atoms with Gasteiger partial charge in [-0.15, -0.1) is 0 Å². The zero-order valence-electron chi connectivity index (χ0n) is 12.9. The Kier molecular flexibility index (Phi) is 4.88. The van der Waals surface area contributed by atoms with Crippen LogP contribution in [0.1, 0.15) is 27.3 Å². The molecule has 0 bridgehead atoms. The molecule has 0 unspecified atom stereocenters. The van der Waals surface area contributed by atoms with Gasteiger partial charge in [0.25, 0.3) is 5.91 Å². The Morgan fingerprint density at radius 3 is 2.27 bits per heavy atom. The predicted molar refractivity (Wildman–Crippen MR) is 85.9 cm³/mol. The summed E-state index contributed by atoms with van der Waals surface area (Å²) in [6.45, 7) is 5.57. The van der Waals surface area contributed by atoms with Gasteiger partial charge in [-0.1, -0.05) is 24.3 Å². The highest BCUT2D eigenvalue weighted by molar-refractivity contribution is 5.99. The number of anilines is 1.